The molecule has 0 radical (unpaired) electrons. The molecule has 1 heterocycles. The van der Waals surface area contributed by atoms with E-state index in [1.54, 1.807) is 13.8 Å². The Morgan fingerprint density at radius 2 is 1.88 bits per heavy atom. The highest BCUT2D eigenvalue weighted by molar-refractivity contribution is 6.09. The van der Waals surface area contributed by atoms with Crippen LogP contribution in [0.25, 0.3) is 10.9 Å². The quantitative estimate of drug-likeness (QED) is 0.240. The zero-order valence-electron chi connectivity index (χ0n) is 14.1. The van der Waals surface area contributed by atoms with Crippen molar-refractivity contribution < 1.29 is 24.0 Å². The van der Waals surface area contributed by atoms with Crippen molar-refractivity contribution >= 4 is 40.6 Å². The topological polar surface area (TPSA) is 134 Å². The van der Waals surface area contributed by atoms with Gasteiger partial charge in [-0.3, -0.25) is 19.7 Å². The van der Waals surface area contributed by atoms with E-state index in [0.29, 0.717) is 10.9 Å². The van der Waals surface area contributed by atoms with Crippen molar-refractivity contribution in [1.29, 1.82) is 0 Å². The van der Waals surface area contributed by atoms with Crippen LogP contribution >= 0.6 is 0 Å². The molecule has 0 atom stereocenters. The van der Waals surface area contributed by atoms with Gasteiger partial charge < -0.3 is 9.47 Å². The van der Waals surface area contributed by atoms with E-state index >= 15 is 0 Å². The molecule has 136 valence electrons. The minimum absolute atomic E-state index is 0.0808. The summed E-state index contributed by atoms with van der Waals surface area (Å²) in [5.41, 5.74) is 0.276. The standard InChI is InChI=1S/C16H16N4O6/c1-3-25-15(21)12(16(22)26-4-2)8-17-14-11-7-10(20(23)24)5-6-13(11)18-9-19-14/h5-9,12H,3-4H2,1-2H3. The van der Waals surface area contributed by atoms with Gasteiger partial charge in [-0.15, -0.1) is 0 Å². The summed E-state index contributed by atoms with van der Waals surface area (Å²) in [7, 11) is 0. The number of ether oxygens (including phenoxy) is 2. The van der Waals surface area contributed by atoms with Crippen molar-refractivity contribution in [2.24, 2.45) is 10.9 Å². The van der Waals surface area contributed by atoms with E-state index in [0.717, 1.165) is 6.21 Å². The molecule has 0 aliphatic heterocycles. The Morgan fingerprint density at radius 3 is 2.46 bits per heavy atom. The number of aromatic nitrogens is 2. The third kappa shape index (κ3) is 4.35. The van der Waals surface area contributed by atoms with E-state index in [1.807, 2.05) is 0 Å². The van der Waals surface area contributed by atoms with Crippen molar-refractivity contribution in [3.05, 3.63) is 34.6 Å². The lowest BCUT2D eigenvalue weighted by Gasteiger charge is -2.10. The zero-order valence-corrected chi connectivity index (χ0v) is 14.1. The molecular weight excluding hydrogens is 344 g/mol. The summed E-state index contributed by atoms with van der Waals surface area (Å²) < 4.78 is 9.69. The lowest BCUT2D eigenvalue weighted by molar-refractivity contribution is -0.384. The summed E-state index contributed by atoms with van der Waals surface area (Å²) in [6.45, 7) is 3.39. The maximum atomic E-state index is 12.0. The molecule has 0 bridgehead atoms. The minimum atomic E-state index is -1.36. The highest BCUT2D eigenvalue weighted by Crippen LogP contribution is 2.26. The van der Waals surface area contributed by atoms with Crippen LogP contribution in [0.2, 0.25) is 0 Å². The average molecular weight is 360 g/mol. The molecule has 26 heavy (non-hydrogen) atoms. The van der Waals surface area contributed by atoms with Gasteiger partial charge in [0.1, 0.15) is 6.33 Å². The number of nitro benzene ring substituents is 1. The zero-order chi connectivity index (χ0) is 19.1. The van der Waals surface area contributed by atoms with Crippen molar-refractivity contribution in [3.8, 4) is 0 Å². The first-order chi connectivity index (χ1) is 12.5. The van der Waals surface area contributed by atoms with Crippen LogP contribution in [-0.4, -0.2) is 46.3 Å². The smallest absolute Gasteiger partial charge is 0.325 e. The molecule has 0 fully saturated rings. The van der Waals surface area contributed by atoms with Gasteiger partial charge in [0.15, 0.2) is 11.7 Å². The largest absolute Gasteiger partial charge is 0.465 e. The van der Waals surface area contributed by atoms with Gasteiger partial charge in [-0.2, -0.15) is 0 Å². The summed E-state index contributed by atoms with van der Waals surface area (Å²) in [5, 5.41) is 11.3. The number of nitrogens with zero attached hydrogens (tertiary/aromatic N) is 4. The summed E-state index contributed by atoms with van der Waals surface area (Å²) in [4.78, 5) is 46.3. The van der Waals surface area contributed by atoms with Gasteiger partial charge in [0, 0.05) is 18.3 Å². The van der Waals surface area contributed by atoms with Gasteiger partial charge in [0.2, 0.25) is 0 Å². The number of carbonyl (C=O) groups excluding carboxylic acids is 2. The van der Waals surface area contributed by atoms with Crippen LogP contribution in [0.3, 0.4) is 0 Å². The van der Waals surface area contributed by atoms with Gasteiger partial charge in [-0.25, -0.2) is 15.0 Å². The minimum Gasteiger partial charge on any atom is -0.465 e. The first kappa shape index (κ1) is 18.9. The molecule has 0 saturated heterocycles. The normalized spacial score (nSPS) is 11.0. The van der Waals surface area contributed by atoms with Crippen molar-refractivity contribution in [2.45, 2.75) is 13.8 Å². The number of aliphatic imine (C=N–C) groups is 1. The van der Waals surface area contributed by atoms with Crippen LogP contribution in [0.15, 0.2) is 29.5 Å². The Kier molecular flexibility index (Phi) is 6.25. The molecule has 10 nitrogen and oxygen atoms in total. The molecule has 0 aliphatic rings. The second-order valence-corrected chi connectivity index (χ2v) is 4.92. The van der Waals surface area contributed by atoms with Crippen LogP contribution in [0.5, 0.6) is 0 Å². The molecule has 0 aliphatic carbocycles. The van der Waals surface area contributed by atoms with E-state index in [9.17, 15) is 19.7 Å². The first-order valence-electron chi connectivity index (χ1n) is 7.74. The van der Waals surface area contributed by atoms with Crippen LogP contribution in [0.1, 0.15) is 13.8 Å². The maximum absolute atomic E-state index is 12.0. The number of esters is 2. The number of benzene rings is 1. The first-order valence-corrected chi connectivity index (χ1v) is 7.74. The number of carbonyl (C=O) groups is 2. The number of non-ortho nitro benzene ring substituents is 1. The highest BCUT2D eigenvalue weighted by Gasteiger charge is 2.28. The maximum Gasteiger partial charge on any atom is 0.325 e. The number of hydrogen-bond acceptors (Lipinski definition) is 9. The Bertz CT molecular complexity index is 849. The summed E-state index contributed by atoms with van der Waals surface area (Å²) in [6.07, 6.45) is 2.28. The number of rotatable bonds is 7. The van der Waals surface area contributed by atoms with Gasteiger partial charge in [-0.1, -0.05) is 0 Å². The van der Waals surface area contributed by atoms with E-state index in [4.69, 9.17) is 9.47 Å². The van der Waals surface area contributed by atoms with E-state index < -0.39 is 22.8 Å². The van der Waals surface area contributed by atoms with Crippen molar-refractivity contribution in [2.75, 3.05) is 13.2 Å². The van der Waals surface area contributed by atoms with E-state index in [-0.39, 0.29) is 24.7 Å². The third-order valence-corrected chi connectivity index (χ3v) is 3.24. The third-order valence-electron chi connectivity index (χ3n) is 3.24. The summed E-state index contributed by atoms with van der Waals surface area (Å²) in [6, 6.07) is 4.04. The Labute approximate surface area is 148 Å². The molecule has 2 aromatic rings. The second kappa shape index (κ2) is 8.60. The predicted molar refractivity (Wildman–Crippen MR) is 91.1 cm³/mol. The SMILES string of the molecule is CCOC(=O)C(C=Nc1ncnc2ccc([N+](=O)[O-])cc12)C(=O)OCC. The second-order valence-electron chi connectivity index (χ2n) is 4.92. The highest BCUT2D eigenvalue weighted by atomic mass is 16.6. The van der Waals surface area contributed by atoms with Gasteiger partial charge in [-0.05, 0) is 19.9 Å². The molecule has 1 aromatic carbocycles. The van der Waals surface area contributed by atoms with Crippen LogP contribution < -0.4 is 0 Å². The molecule has 0 N–H and O–H groups in total. The van der Waals surface area contributed by atoms with Crippen LogP contribution in [-0.2, 0) is 19.1 Å². The average Bonchev–Trinajstić information content (AvgIpc) is 2.62. The fourth-order valence-electron chi connectivity index (χ4n) is 2.07. The Hall–Kier alpha value is -3.43. The molecule has 2 rings (SSSR count). The molecule has 0 spiro atoms. The van der Waals surface area contributed by atoms with Crippen molar-refractivity contribution in [1.82, 2.24) is 9.97 Å². The lowest BCUT2D eigenvalue weighted by Crippen LogP contribution is -2.29. The fraction of sp³-hybridized carbons (Fsp3) is 0.312. The summed E-state index contributed by atoms with van der Waals surface area (Å²) in [5.74, 6) is -2.89. The Balaban J connectivity index is 2.42. The fourth-order valence-corrected chi connectivity index (χ4v) is 2.07. The van der Waals surface area contributed by atoms with Gasteiger partial charge in [0.05, 0.1) is 29.0 Å². The summed E-state index contributed by atoms with van der Waals surface area (Å²) >= 11 is 0. The van der Waals surface area contributed by atoms with Crippen LogP contribution in [0, 0.1) is 16.0 Å². The number of hydrogen-bond donors (Lipinski definition) is 0. The molecule has 1 aromatic heterocycles. The van der Waals surface area contributed by atoms with Gasteiger partial charge in [0.25, 0.3) is 5.69 Å². The van der Waals surface area contributed by atoms with E-state index in [2.05, 4.69) is 15.0 Å². The molecule has 0 saturated carbocycles. The Morgan fingerprint density at radius 1 is 1.23 bits per heavy atom. The number of fused-ring (bicyclic) bond motifs is 1. The van der Waals surface area contributed by atoms with E-state index in [1.165, 1.54) is 24.5 Å². The molecule has 0 amide bonds. The molecule has 0 unspecified atom stereocenters. The number of nitro groups is 1. The van der Waals surface area contributed by atoms with Crippen LogP contribution in [0.4, 0.5) is 11.5 Å². The molecular formula is C16H16N4O6. The molecule has 10 heteroatoms. The van der Waals surface area contributed by atoms with Gasteiger partial charge >= 0.3 is 11.9 Å². The lowest BCUT2D eigenvalue weighted by atomic mass is 10.1. The van der Waals surface area contributed by atoms with Crippen molar-refractivity contribution in [3.63, 3.8) is 0 Å². The predicted octanol–water partition coefficient (Wildman–Crippen LogP) is 1.98. The monoisotopic (exact) mass is 360 g/mol.